The summed E-state index contributed by atoms with van der Waals surface area (Å²) in [6.45, 7) is 16.0. The van der Waals surface area contributed by atoms with E-state index in [0.717, 1.165) is 11.8 Å². The SMILES string of the molecule is CCNC(=O)Nc1cc(C2=NC(C(F)(F)F)CS2)c(-c2ccc3c(c2)c(=O)c(C(=O)O)cn3[C@H](CCC(C)(C)[Si](C)(C)O)C(C)(C)C)cn1. The molecule has 10 nitrogen and oxygen atoms in total. The van der Waals surface area contributed by atoms with Gasteiger partial charge in [-0.15, -0.1) is 11.8 Å². The zero-order valence-electron chi connectivity index (χ0n) is 29.0. The molecule has 1 aliphatic heterocycles. The second-order valence-electron chi connectivity index (χ2n) is 14.6. The highest BCUT2D eigenvalue weighted by atomic mass is 32.2. The average molecular weight is 720 g/mol. The van der Waals surface area contributed by atoms with E-state index in [1.54, 1.807) is 19.1 Å². The van der Waals surface area contributed by atoms with E-state index >= 15 is 0 Å². The number of rotatable bonds is 10. The number of hydrogen-bond donors (Lipinski definition) is 4. The molecule has 1 aromatic carbocycles. The third-order valence-corrected chi connectivity index (χ3v) is 14.0. The molecule has 15 heteroatoms. The molecule has 0 fully saturated rings. The van der Waals surface area contributed by atoms with Crippen LogP contribution in [0.25, 0.3) is 22.0 Å². The van der Waals surface area contributed by atoms with Crippen molar-refractivity contribution in [1.82, 2.24) is 14.9 Å². The van der Waals surface area contributed by atoms with Crippen molar-refractivity contribution in [2.45, 2.75) is 90.8 Å². The van der Waals surface area contributed by atoms with Crippen LogP contribution in [0.5, 0.6) is 0 Å². The highest BCUT2D eigenvalue weighted by Crippen LogP contribution is 2.45. The van der Waals surface area contributed by atoms with Crippen LogP contribution < -0.4 is 16.1 Å². The Morgan fingerprint density at radius 2 is 1.80 bits per heavy atom. The van der Waals surface area contributed by atoms with Crippen molar-refractivity contribution in [2.75, 3.05) is 17.6 Å². The molecule has 4 rings (SSSR count). The van der Waals surface area contributed by atoms with E-state index in [9.17, 15) is 37.5 Å². The van der Waals surface area contributed by atoms with Crippen molar-refractivity contribution >= 4 is 53.8 Å². The van der Waals surface area contributed by atoms with Crippen LogP contribution in [-0.4, -0.2) is 69.3 Å². The molecule has 0 spiro atoms. The zero-order chi connectivity index (χ0) is 36.7. The molecule has 0 bridgehead atoms. The van der Waals surface area contributed by atoms with Crippen molar-refractivity contribution in [3.8, 4) is 11.1 Å². The molecule has 3 heterocycles. The first-order valence-corrected chi connectivity index (χ1v) is 20.0. The van der Waals surface area contributed by atoms with Crippen molar-refractivity contribution in [3.63, 3.8) is 0 Å². The number of amides is 2. The number of pyridine rings is 2. The maximum absolute atomic E-state index is 13.7. The first-order valence-electron chi connectivity index (χ1n) is 16.0. The topological polar surface area (TPSA) is 146 Å². The van der Waals surface area contributed by atoms with Crippen molar-refractivity contribution in [2.24, 2.45) is 10.4 Å². The van der Waals surface area contributed by atoms with Crippen LogP contribution in [-0.2, 0) is 0 Å². The second-order valence-corrected chi connectivity index (χ2v) is 20.1. The summed E-state index contributed by atoms with van der Waals surface area (Å²) in [5.74, 6) is -1.61. The van der Waals surface area contributed by atoms with Gasteiger partial charge < -0.3 is 19.8 Å². The number of carboxylic acids is 1. The molecule has 4 N–H and O–H groups in total. The lowest BCUT2D eigenvalue weighted by atomic mass is 9.82. The minimum atomic E-state index is -4.54. The second kappa shape index (κ2) is 13.9. The van der Waals surface area contributed by atoms with Gasteiger partial charge in [0.2, 0.25) is 5.43 Å². The largest absolute Gasteiger partial charge is 0.477 e. The molecule has 2 aromatic heterocycles. The van der Waals surface area contributed by atoms with Crippen molar-refractivity contribution in [1.29, 1.82) is 0 Å². The van der Waals surface area contributed by atoms with Gasteiger partial charge in [0.1, 0.15) is 11.4 Å². The standard InChI is InChI=1S/C34H44F3N5O5SSi/c1-9-38-31(46)41-27-15-20(29-40-25(18-48-29)34(35,36)37)22(16-39-27)19-10-11-24-21(14-19)28(43)23(30(44)45)17-42(24)26(32(2,3)4)12-13-33(5,6)49(7,8)47/h10-11,14-17,25-26,47H,9,12-13,18H2,1-8H3,(H,44,45)(H2,38,39,41,46)/t25?,26-/m1/s1. The molecular formula is C34H44F3N5O5SSi. The van der Waals surface area contributed by atoms with Gasteiger partial charge in [0.15, 0.2) is 14.4 Å². The molecule has 266 valence electrons. The number of carbonyl (C=O) groups excluding carboxylic acids is 1. The van der Waals surface area contributed by atoms with Crippen LogP contribution in [0.3, 0.4) is 0 Å². The van der Waals surface area contributed by atoms with Crippen LogP contribution in [0.15, 0.2) is 46.4 Å². The summed E-state index contributed by atoms with van der Waals surface area (Å²) < 4.78 is 42.6. The fourth-order valence-electron chi connectivity index (χ4n) is 5.67. The first kappa shape index (κ1) is 38.1. The van der Waals surface area contributed by atoms with Gasteiger partial charge >= 0.3 is 18.2 Å². The number of hydrogen-bond acceptors (Lipinski definition) is 7. The molecule has 0 saturated heterocycles. The van der Waals surface area contributed by atoms with Gasteiger partial charge in [-0.2, -0.15) is 13.2 Å². The fourth-order valence-corrected chi connectivity index (χ4v) is 7.53. The summed E-state index contributed by atoms with van der Waals surface area (Å²) in [5, 5.41) is 15.1. The van der Waals surface area contributed by atoms with E-state index in [0.29, 0.717) is 36.0 Å². The first-order chi connectivity index (χ1) is 22.5. The van der Waals surface area contributed by atoms with Crippen LogP contribution in [0, 0.1) is 5.41 Å². The Bertz CT molecular complexity index is 1850. The number of carbonyl (C=O) groups is 2. The summed E-state index contributed by atoms with van der Waals surface area (Å²) in [4.78, 5) is 57.6. The van der Waals surface area contributed by atoms with Crippen LogP contribution in [0.2, 0.25) is 18.1 Å². The number of nitrogens with zero attached hydrogens (tertiary/aromatic N) is 3. The number of alkyl halides is 3. The summed E-state index contributed by atoms with van der Waals surface area (Å²) in [6.07, 6.45) is -0.518. The lowest BCUT2D eigenvalue weighted by Crippen LogP contribution is -2.40. The number of carboxylic acid groups (broad SMARTS) is 1. The van der Waals surface area contributed by atoms with E-state index in [-0.39, 0.29) is 44.1 Å². The van der Waals surface area contributed by atoms with Crippen molar-refractivity contribution < 1.29 is 32.7 Å². The highest BCUT2D eigenvalue weighted by molar-refractivity contribution is 8.14. The molecule has 49 heavy (non-hydrogen) atoms. The molecular weight excluding hydrogens is 676 g/mol. The molecule has 3 aromatic rings. The Balaban J connectivity index is 1.93. The number of nitrogens with one attached hydrogen (secondary N) is 2. The number of benzene rings is 1. The molecule has 2 atom stereocenters. The van der Waals surface area contributed by atoms with Crippen LogP contribution >= 0.6 is 11.8 Å². The highest BCUT2D eigenvalue weighted by Gasteiger charge is 2.43. The van der Waals surface area contributed by atoms with Crippen LogP contribution in [0.1, 0.15) is 76.3 Å². The normalized spacial score (nSPS) is 16.4. The third-order valence-electron chi connectivity index (χ3n) is 9.35. The molecule has 0 radical (unpaired) electrons. The summed E-state index contributed by atoms with van der Waals surface area (Å²) in [6, 6.07) is 3.67. The maximum Gasteiger partial charge on any atom is 0.411 e. The predicted octanol–water partition coefficient (Wildman–Crippen LogP) is 7.67. The van der Waals surface area contributed by atoms with Gasteiger partial charge in [0, 0.05) is 47.2 Å². The number of anilines is 1. The number of urea groups is 1. The lowest BCUT2D eigenvalue weighted by Gasteiger charge is -2.40. The van der Waals surface area contributed by atoms with Gasteiger partial charge in [-0.1, -0.05) is 40.7 Å². The number of aromatic nitrogens is 2. The fraction of sp³-hybridized carbons (Fsp3) is 0.500. The Morgan fingerprint density at radius 3 is 2.35 bits per heavy atom. The minimum absolute atomic E-state index is 0.0878. The Labute approximate surface area is 288 Å². The number of aromatic carboxylic acids is 1. The maximum atomic E-state index is 13.7. The molecule has 0 saturated carbocycles. The molecule has 2 amide bonds. The third kappa shape index (κ3) is 8.38. The Hall–Kier alpha value is -3.69. The van der Waals surface area contributed by atoms with Gasteiger partial charge in [-0.05, 0) is 67.1 Å². The van der Waals surface area contributed by atoms with Gasteiger partial charge in [-0.25, -0.2) is 14.6 Å². The molecule has 1 unspecified atom stereocenters. The number of fused-ring (bicyclic) bond motifs is 1. The Morgan fingerprint density at radius 1 is 1.12 bits per heavy atom. The minimum Gasteiger partial charge on any atom is -0.477 e. The average Bonchev–Trinajstić information content (AvgIpc) is 3.48. The summed E-state index contributed by atoms with van der Waals surface area (Å²) in [7, 11) is -2.56. The van der Waals surface area contributed by atoms with E-state index in [2.05, 4.69) is 20.6 Å². The predicted molar refractivity (Wildman–Crippen MR) is 191 cm³/mol. The summed E-state index contributed by atoms with van der Waals surface area (Å²) in [5.41, 5.74) is 0.0259. The van der Waals surface area contributed by atoms with E-state index in [1.165, 1.54) is 24.5 Å². The van der Waals surface area contributed by atoms with Crippen LogP contribution in [0.4, 0.5) is 23.8 Å². The quantitative estimate of drug-likeness (QED) is 0.157. The molecule has 0 aliphatic carbocycles. The van der Waals surface area contributed by atoms with Gasteiger partial charge in [0.25, 0.3) is 0 Å². The van der Waals surface area contributed by atoms with Gasteiger partial charge in [0.05, 0.1) is 10.6 Å². The zero-order valence-corrected chi connectivity index (χ0v) is 30.8. The molecule has 1 aliphatic rings. The van der Waals surface area contributed by atoms with E-state index in [1.807, 2.05) is 52.3 Å². The summed E-state index contributed by atoms with van der Waals surface area (Å²) >= 11 is 0.924. The van der Waals surface area contributed by atoms with E-state index in [4.69, 9.17) is 0 Å². The smallest absolute Gasteiger partial charge is 0.411 e. The van der Waals surface area contributed by atoms with E-state index < -0.39 is 43.5 Å². The Kier molecular flexibility index (Phi) is 10.8. The number of halogens is 3. The van der Waals surface area contributed by atoms with Crippen molar-refractivity contribution in [3.05, 3.63) is 58.0 Å². The number of aliphatic imine (C=N–C) groups is 1. The van der Waals surface area contributed by atoms with Gasteiger partial charge in [-0.3, -0.25) is 15.1 Å². The number of thioether (sulfide) groups is 1. The lowest BCUT2D eigenvalue weighted by molar-refractivity contribution is -0.141. The monoisotopic (exact) mass is 719 g/mol.